The van der Waals surface area contributed by atoms with Crippen molar-refractivity contribution in [3.8, 4) is 0 Å². The summed E-state index contributed by atoms with van der Waals surface area (Å²) in [6.45, 7) is 3.66. The molecule has 0 unspecified atom stereocenters. The first kappa shape index (κ1) is 9.26. The van der Waals surface area contributed by atoms with Gasteiger partial charge in [0.2, 0.25) is 0 Å². The summed E-state index contributed by atoms with van der Waals surface area (Å²) in [5.41, 5.74) is -0.451. The summed E-state index contributed by atoms with van der Waals surface area (Å²) in [4.78, 5) is 10.9. The standard InChI is InChI=1S/C9H14O3/c1-2-4-9(6-7-10)5-3-8(11)12-9/h2,10H,1,3-7H2/t9-/m0/s1. The van der Waals surface area contributed by atoms with Crippen LogP contribution in [-0.4, -0.2) is 23.3 Å². The van der Waals surface area contributed by atoms with E-state index in [4.69, 9.17) is 9.84 Å². The monoisotopic (exact) mass is 170 g/mol. The molecule has 1 rings (SSSR count). The fraction of sp³-hybridized carbons (Fsp3) is 0.667. The number of aliphatic hydroxyl groups excluding tert-OH is 1. The minimum absolute atomic E-state index is 0.0567. The van der Waals surface area contributed by atoms with Gasteiger partial charge in [0, 0.05) is 25.9 Å². The molecule has 12 heavy (non-hydrogen) atoms. The van der Waals surface area contributed by atoms with Crippen LogP contribution in [0.2, 0.25) is 0 Å². The quantitative estimate of drug-likeness (QED) is 0.506. The van der Waals surface area contributed by atoms with E-state index in [0.717, 1.165) is 0 Å². The minimum atomic E-state index is -0.451. The summed E-state index contributed by atoms with van der Waals surface area (Å²) in [6.07, 6.45) is 4.06. The molecule has 1 fully saturated rings. The van der Waals surface area contributed by atoms with Gasteiger partial charge in [0.05, 0.1) is 0 Å². The fourth-order valence-corrected chi connectivity index (χ4v) is 1.56. The molecular weight excluding hydrogens is 156 g/mol. The zero-order chi connectivity index (χ0) is 9.03. The van der Waals surface area contributed by atoms with E-state index in [9.17, 15) is 4.79 Å². The maximum atomic E-state index is 10.9. The summed E-state index contributed by atoms with van der Waals surface area (Å²) < 4.78 is 5.16. The number of carbonyl (C=O) groups excluding carboxylic acids is 1. The molecule has 1 N–H and O–H groups in total. The predicted molar refractivity (Wildman–Crippen MR) is 44.6 cm³/mol. The lowest BCUT2D eigenvalue weighted by Gasteiger charge is -2.25. The van der Waals surface area contributed by atoms with Crippen molar-refractivity contribution in [1.29, 1.82) is 0 Å². The van der Waals surface area contributed by atoms with Crippen molar-refractivity contribution in [3.05, 3.63) is 12.7 Å². The largest absolute Gasteiger partial charge is 0.459 e. The molecule has 3 nitrogen and oxygen atoms in total. The Balaban J connectivity index is 2.59. The summed E-state index contributed by atoms with van der Waals surface area (Å²) >= 11 is 0. The van der Waals surface area contributed by atoms with Crippen LogP contribution in [-0.2, 0) is 9.53 Å². The molecule has 0 bridgehead atoms. The van der Waals surface area contributed by atoms with Gasteiger partial charge in [-0.15, -0.1) is 6.58 Å². The highest BCUT2D eigenvalue weighted by molar-refractivity contribution is 5.72. The summed E-state index contributed by atoms with van der Waals surface area (Å²) in [7, 11) is 0. The maximum absolute atomic E-state index is 10.9. The van der Waals surface area contributed by atoms with Gasteiger partial charge in [-0.3, -0.25) is 4.79 Å². The molecule has 0 aromatic carbocycles. The first-order valence-electron chi connectivity index (χ1n) is 4.16. The maximum Gasteiger partial charge on any atom is 0.306 e. The van der Waals surface area contributed by atoms with E-state index in [2.05, 4.69) is 6.58 Å². The van der Waals surface area contributed by atoms with Crippen LogP contribution in [0.3, 0.4) is 0 Å². The average Bonchev–Trinajstić information content (AvgIpc) is 2.34. The second kappa shape index (κ2) is 3.72. The van der Waals surface area contributed by atoms with E-state index >= 15 is 0 Å². The van der Waals surface area contributed by atoms with E-state index in [1.807, 2.05) is 0 Å². The number of rotatable bonds is 4. The van der Waals surface area contributed by atoms with Crippen LogP contribution in [0.5, 0.6) is 0 Å². The molecule has 0 aromatic heterocycles. The number of cyclic esters (lactones) is 1. The Bertz CT molecular complexity index is 188. The van der Waals surface area contributed by atoms with E-state index in [1.54, 1.807) is 6.08 Å². The number of esters is 1. The van der Waals surface area contributed by atoms with Gasteiger partial charge in [-0.2, -0.15) is 0 Å². The molecule has 1 atom stereocenters. The van der Waals surface area contributed by atoms with E-state index in [0.29, 0.717) is 25.7 Å². The first-order chi connectivity index (χ1) is 5.72. The van der Waals surface area contributed by atoms with Gasteiger partial charge in [-0.1, -0.05) is 6.08 Å². The first-order valence-corrected chi connectivity index (χ1v) is 4.16. The van der Waals surface area contributed by atoms with Crippen LogP contribution in [0.1, 0.15) is 25.7 Å². The third kappa shape index (κ3) is 1.85. The highest BCUT2D eigenvalue weighted by atomic mass is 16.6. The van der Waals surface area contributed by atoms with Crippen LogP contribution in [0.25, 0.3) is 0 Å². The molecule has 0 amide bonds. The van der Waals surface area contributed by atoms with Gasteiger partial charge in [0.25, 0.3) is 0 Å². The zero-order valence-corrected chi connectivity index (χ0v) is 7.08. The van der Waals surface area contributed by atoms with Crippen LogP contribution in [0.4, 0.5) is 0 Å². The molecule has 1 aliphatic rings. The van der Waals surface area contributed by atoms with E-state index in [1.165, 1.54) is 0 Å². The molecule has 0 aromatic rings. The summed E-state index contributed by atoms with van der Waals surface area (Å²) in [5, 5.41) is 8.78. The lowest BCUT2D eigenvalue weighted by Crippen LogP contribution is -2.28. The number of ether oxygens (including phenoxy) is 1. The van der Waals surface area contributed by atoms with Crippen LogP contribution in [0.15, 0.2) is 12.7 Å². The Labute approximate surface area is 72.0 Å². The van der Waals surface area contributed by atoms with Crippen LogP contribution < -0.4 is 0 Å². The van der Waals surface area contributed by atoms with Gasteiger partial charge in [-0.25, -0.2) is 0 Å². The molecule has 0 radical (unpaired) electrons. The van der Waals surface area contributed by atoms with Crippen molar-refractivity contribution in [3.63, 3.8) is 0 Å². The van der Waals surface area contributed by atoms with Crippen LogP contribution in [0, 0.1) is 0 Å². The molecule has 1 saturated heterocycles. The number of aliphatic hydroxyl groups is 1. The number of hydrogen-bond donors (Lipinski definition) is 1. The summed E-state index contributed by atoms with van der Waals surface area (Å²) in [5.74, 6) is -0.162. The smallest absolute Gasteiger partial charge is 0.306 e. The van der Waals surface area contributed by atoms with Crippen LogP contribution >= 0.6 is 0 Å². The minimum Gasteiger partial charge on any atom is -0.459 e. The van der Waals surface area contributed by atoms with Crippen molar-refractivity contribution >= 4 is 5.97 Å². The lowest BCUT2D eigenvalue weighted by atomic mass is 9.93. The molecule has 3 heteroatoms. The van der Waals surface area contributed by atoms with Crippen molar-refractivity contribution in [2.24, 2.45) is 0 Å². The van der Waals surface area contributed by atoms with Crippen molar-refractivity contribution in [2.45, 2.75) is 31.3 Å². The lowest BCUT2D eigenvalue weighted by molar-refractivity contribution is -0.149. The van der Waals surface area contributed by atoms with Crippen molar-refractivity contribution in [2.75, 3.05) is 6.61 Å². The second-order valence-electron chi connectivity index (χ2n) is 3.12. The second-order valence-corrected chi connectivity index (χ2v) is 3.12. The Kier molecular flexibility index (Phi) is 2.87. The van der Waals surface area contributed by atoms with Gasteiger partial charge < -0.3 is 9.84 Å². The molecule has 1 aliphatic heterocycles. The molecule has 68 valence electrons. The Morgan fingerprint density at radius 1 is 1.75 bits per heavy atom. The Morgan fingerprint density at radius 2 is 2.50 bits per heavy atom. The molecule has 0 aliphatic carbocycles. The predicted octanol–water partition coefficient (Wildman–Crippen LogP) is 1.02. The number of carbonyl (C=O) groups is 1. The number of hydrogen-bond acceptors (Lipinski definition) is 3. The molecule has 0 saturated carbocycles. The summed E-state index contributed by atoms with van der Waals surface area (Å²) in [6, 6.07) is 0. The fourth-order valence-electron chi connectivity index (χ4n) is 1.56. The highest BCUT2D eigenvalue weighted by Gasteiger charge is 2.38. The average molecular weight is 170 g/mol. The normalized spacial score (nSPS) is 28.6. The van der Waals surface area contributed by atoms with E-state index in [-0.39, 0.29) is 12.6 Å². The Morgan fingerprint density at radius 3 is 2.92 bits per heavy atom. The topological polar surface area (TPSA) is 46.5 Å². The van der Waals surface area contributed by atoms with Gasteiger partial charge in [-0.05, 0) is 6.42 Å². The van der Waals surface area contributed by atoms with Crippen molar-refractivity contribution < 1.29 is 14.6 Å². The van der Waals surface area contributed by atoms with Gasteiger partial charge in [0.15, 0.2) is 0 Å². The van der Waals surface area contributed by atoms with Gasteiger partial charge in [0.1, 0.15) is 5.60 Å². The third-order valence-electron chi connectivity index (χ3n) is 2.20. The van der Waals surface area contributed by atoms with Gasteiger partial charge >= 0.3 is 5.97 Å². The van der Waals surface area contributed by atoms with E-state index < -0.39 is 5.60 Å². The van der Waals surface area contributed by atoms with Crippen molar-refractivity contribution in [1.82, 2.24) is 0 Å². The molecule has 1 heterocycles. The molecular formula is C9H14O3. The zero-order valence-electron chi connectivity index (χ0n) is 7.08. The third-order valence-corrected chi connectivity index (χ3v) is 2.20. The SMILES string of the molecule is C=CC[C@@]1(CCO)CCC(=O)O1. The highest BCUT2D eigenvalue weighted by Crippen LogP contribution is 2.33. The molecule has 0 spiro atoms. The Hall–Kier alpha value is -0.830.